The van der Waals surface area contributed by atoms with Crippen LogP contribution >= 0.6 is 0 Å². The van der Waals surface area contributed by atoms with Gasteiger partial charge in [-0.15, -0.1) is 0 Å². The topological polar surface area (TPSA) is 89.5 Å². The lowest BCUT2D eigenvalue weighted by Crippen LogP contribution is -2.12. The van der Waals surface area contributed by atoms with E-state index in [1.54, 1.807) is 36.4 Å². The summed E-state index contributed by atoms with van der Waals surface area (Å²) in [6, 6.07) is 25.5. The van der Waals surface area contributed by atoms with Crippen LogP contribution in [0.1, 0.15) is 203 Å². The molecule has 4 aromatic carbocycles. The molecule has 0 aliphatic carbocycles. The number of hydrogen-bond acceptors (Lipinski definition) is 8. The second-order valence-electron chi connectivity index (χ2n) is 17.6. The molecule has 0 amide bonds. The highest BCUT2D eigenvalue weighted by atomic mass is 16.5. The van der Waals surface area contributed by atoms with Gasteiger partial charge in [-0.25, -0.2) is 9.59 Å². The van der Waals surface area contributed by atoms with Crippen LogP contribution in [0.25, 0.3) is 11.1 Å². The van der Waals surface area contributed by atoms with Crippen molar-refractivity contribution >= 4 is 11.9 Å². The van der Waals surface area contributed by atoms with Crippen molar-refractivity contribution in [1.29, 1.82) is 0 Å². The number of ether oxygens (including phenoxy) is 6. The molecular weight excluding hydrogens is 825 g/mol. The summed E-state index contributed by atoms with van der Waals surface area (Å²) >= 11 is 0. The second kappa shape index (κ2) is 33.5. The van der Waals surface area contributed by atoms with Crippen LogP contribution < -0.4 is 28.4 Å². The monoisotopic (exact) mass is 907 g/mol. The third-order valence-corrected chi connectivity index (χ3v) is 11.9. The highest BCUT2D eigenvalue weighted by Gasteiger charge is 2.19. The highest BCUT2D eigenvalue weighted by molar-refractivity contribution is 5.95. The molecular formula is C58H82O8. The van der Waals surface area contributed by atoms with Gasteiger partial charge in [0.05, 0.1) is 26.4 Å². The average molecular weight is 907 g/mol. The van der Waals surface area contributed by atoms with Crippen molar-refractivity contribution in [1.82, 2.24) is 0 Å². The fourth-order valence-electron chi connectivity index (χ4n) is 7.79. The molecule has 0 fully saturated rings. The first-order valence-corrected chi connectivity index (χ1v) is 25.9. The summed E-state index contributed by atoms with van der Waals surface area (Å²) in [5, 5.41) is 0. The van der Waals surface area contributed by atoms with Gasteiger partial charge in [0, 0.05) is 12.1 Å². The van der Waals surface area contributed by atoms with Crippen LogP contribution in [-0.4, -0.2) is 38.4 Å². The van der Waals surface area contributed by atoms with Gasteiger partial charge in [0.1, 0.15) is 45.6 Å². The van der Waals surface area contributed by atoms with Crippen molar-refractivity contribution < 1.29 is 38.0 Å². The van der Waals surface area contributed by atoms with E-state index in [0.717, 1.165) is 62.5 Å². The number of benzene rings is 4. The Bertz CT molecular complexity index is 1760. The Morgan fingerprint density at radius 3 is 0.909 bits per heavy atom. The van der Waals surface area contributed by atoms with Crippen LogP contribution in [0.4, 0.5) is 0 Å². The van der Waals surface area contributed by atoms with E-state index in [2.05, 4.69) is 27.7 Å². The quantitative estimate of drug-likeness (QED) is 0.0251. The summed E-state index contributed by atoms with van der Waals surface area (Å²) in [6.45, 7) is 11.2. The van der Waals surface area contributed by atoms with E-state index in [4.69, 9.17) is 28.4 Å². The summed E-state index contributed by atoms with van der Waals surface area (Å²) < 4.78 is 36.3. The Morgan fingerprint density at radius 2 is 0.591 bits per heavy atom. The molecule has 8 nitrogen and oxygen atoms in total. The number of esters is 2. The Kier molecular flexibility index (Phi) is 27.2. The Hall–Kier alpha value is -4.98. The molecule has 0 heterocycles. The Balaban J connectivity index is 1.35. The third-order valence-electron chi connectivity index (χ3n) is 11.9. The molecule has 0 radical (unpaired) electrons. The number of carbonyl (C=O) groups is 2. The lowest BCUT2D eigenvalue weighted by Gasteiger charge is -2.14. The largest absolute Gasteiger partial charge is 0.493 e. The molecule has 362 valence electrons. The first-order valence-electron chi connectivity index (χ1n) is 25.9. The van der Waals surface area contributed by atoms with Gasteiger partial charge in [-0.05, 0) is 85.3 Å². The van der Waals surface area contributed by atoms with E-state index >= 15 is 0 Å². The van der Waals surface area contributed by atoms with E-state index in [1.165, 1.54) is 103 Å². The standard InChI is InChI=1S/C58H82O8/c1-5-9-13-17-21-25-41-61-51-37-39-53(55(45-51)63-43-27-23-19-15-11-7-3)57(59)65-49-33-29-47(30-34-49)48-31-35-50(36-32-48)66-58(60)54-40-38-52(62-42-26-22-18-14-10-6-2)46-56(54)64-44-28-24-20-16-12-8-4/h29-40,45-46H,5-28,41-44H2,1-4H3. The van der Waals surface area contributed by atoms with Crippen LogP contribution in [0.5, 0.6) is 34.5 Å². The normalized spacial score (nSPS) is 11.0. The molecule has 0 aliphatic rings. The first kappa shape index (κ1) is 53.6. The van der Waals surface area contributed by atoms with Gasteiger partial charge in [-0.1, -0.05) is 180 Å². The average Bonchev–Trinajstić information content (AvgIpc) is 3.33. The van der Waals surface area contributed by atoms with E-state index < -0.39 is 11.9 Å². The van der Waals surface area contributed by atoms with Gasteiger partial charge in [-0.2, -0.15) is 0 Å². The number of rotatable bonds is 37. The SMILES string of the molecule is CCCCCCCCOc1ccc(C(=O)Oc2ccc(-c3ccc(OC(=O)c4ccc(OCCCCCCCC)cc4OCCCCCCCC)cc3)cc2)c(OCCCCCCCC)c1. The summed E-state index contributed by atoms with van der Waals surface area (Å²) in [5.74, 6) is 2.22. The van der Waals surface area contributed by atoms with Crippen LogP contribution in [-0.2, 0) is 0 Å². The van der Waals surface area contributed by atoms with Crippen LogP contribution in [0.15, 0.2) is 84.9 Å². The Labute approximate surface area is 398 Å². The van der Waals surface area contributed by atoms with E-state index in [1.807, 2.05) is 48.5 Å². The zero-order valence-corrected chi connectivity index (χ0v) is 41.1. The third kappa shape index (κ3) is 21.1. The van der Waals surface area contributed by atoms with Gasteiger partial charge < -0.3 is 28.4 Å². The maximum Gasteiger partial charge on any atom is 0.347 e. The molecule has 0 bridgehead atoms. The van der Waals surface area contributed by atoms with Crippen LogP contribution in [0.2, 0.25) is 0 Å². The minimum Gasteiger partial charge on any atom is -0.493 e. The maximum absolute atomic E-state index is 13.6. The van der Waals surface area contributed by atoms with E-state index in [9.17, 15) is 9.59 Å². The molecule has 0 N–H and O–H groups in total. The van der Waals surface area contributed by atoms with Crippen molar-refractivity contribution in [3.63, 3.8) is 0 Å². The molecule has 4 aromatic rings. The highest BCUT2D eigenvalue weighted by Crippen LogP contribution is 2.31. The lowest BCUT2D eigenvalue weighted by atomic mass is 10.1. The zero-order chi connectivity index (χ0) is 46.9. The van der Waals surface area contributed by atoms with Gasteiger partial charge in [0.2, 0.25) is 0 Å². The van der Waals surface area contributed by atoms with E-state index in [0.29, 0.717) is 72.1 Å². The molecule has 0 unspecified atom stereocenters. The van der Waals surface area contributed by atoms with Crippen molar-refractivity contribution in [2.75, 3.05) is 26.4 Å². The molecule has 0 atom stereocenters. The predicted molar refractivity (Wildman–Crippen MR) is 270 cm³/mol. The lowest BCUT2D eigenvalue weighted by molar-refractivity contribution is 0.0720. The molecule has 66 heavy (non-hydrogen) atoms. The van der Waals surface area contributed by atoms with Gasteiger partial charge in [0.25, 0.3) is 0 Å². The zero-order valence-electron chi connectivity index (χ0n) is 41.1. The van der Waals surface area contributed by atoms with Crippen LogP contribution in [0.3, 0.4) is 0 Å². The number of carbonyl (C=O) groups excluding carboxylic acids is 2. The molecule has 0 aromatic heterocycles. The smallest absolute Gasteiger partial charge is 0.347 e. The summed E-state index contributed by atoms with van der Waals surface area (Å²) in [6.07, 6.45) is 28.1. The van der Waals surface area contributed by atoms with Crippen molar-refractivity contribution in [2.24, 2.45) is 0 Å². The van der Waals surface area contributed by atoms with E-state index in [-0.39, 0.29) is 0 Å². The fourth-order valence-corrected chi connectivity index (χ4v) is 7.79. The summed E-state index contributed by atoms with van der Waals surface area (Å²) in [7, 11) is 0. The van der Waals surface area contributed by atoms with Gasteiger partial charge in [-0.3, -0.25) is 0 Å². The molecule has 0 saturated heterocycles. The molecule has 4 rings (SSSR count). The van der Waals surface area contributed by atoms with Crippen molar-refractivity contribution in [2.45, 2.75) is 182 Å². The summed E-state index contributed by atoms with van der Waals surface area (Å²) in [4.78, 5) is 27.1. The second-order valence-corrected chi connectivity index (χ2v) is 17.6. The van der Waals surface area contributed by atoms with Gasteiger partial charge >= 0.3 is 11.9 Å². The van der Waals surface area contributed by atoms with Gasteiger partial charge in [0.15, 0.2) is 0 Å². The molecule has 0 aliphatic heterocycles. The first-order chi connectivity index (χ1) is 32.4. The molecule has 8 heteroatoms. The van der Waals surface area contributed by atoms with Crippen molar-refractivity contribution in [3.05, 3.63) is 96.1 Å². The molecule has 0 saturated carbocycles. The minimum atomic E-state index is -0.486. The fraction of sp³-hybridized carbons (Fsp3) is 0.552. The maximum atomic E-state index is 13.6. The minimum absolute atomic E-state index is 0.367. The number of unbranched alkanes of at least 4 members (excludes halogenated alkanes) is 20. The molecule has 0 spiro atoms. The Morgan fingerprint density at radius 1 is 0.318 bits per heavy atom. The number of hydrogen-bond donors (Lipinski definition) is 0. The van der Waals surface area contributed by atoms with Crippen LogP contribution in [0, 0.1) is 0 Å². The van der Waals surface area contributed by atoms with Crippen molar-refractivity contribution in [3.8, 4) is 45.6 Å². The summed E-state index contributed by atoms with van der Waals surface area (Å²) in [5.41, 5.74) is 2.58. The predicted octanol–water partition coefficient (Wildman–Crippen LogP) is 16.7.